The van der Waals surface area contributed by atoms with Crippen molar-refractivity contribution in [2.75, 3.05) is 18.2 Å². The van der Waals surface area contributed by atoms with Crippen LogP contribution in [-0.2, 0) is 6.42 Å². The van der Waals surface area contributed by atoms with E-state index in [-0.39, 0.29) is 34.1 Å². The standard InChI is InChI=1S/C17H17Cl2N3O5/c18-9-16(23)21-6-5-10-7-14(22(25)26)12(8-13(10)20)17(24)11-3-1-2-4-15(11)27-19/h1-4,7-8,16,21,23H,5-6,9,20H2. The molecule has 2 aromatic rings. The number of alkyl halides is 1. The van der Waals surface area contributed by atoms with E-state index in [0.717, 1.165) is 0 Å². The molecule has 0 aromatic heterocycles. The molecule has 4 N–H and O–H groups in total. The Bertz CT molecular complexity index is 847. The maximum absolute atomic E-state index is 12.8. The summed E-state index contributed by atoms with van der Waals surface area (Å²) < 4.78 is 4.64. The highest BCUT2D eigenvalue weighted by atomic mass is 35.5. The van der Waals surface area contributed by atoms with E-state index < -0.39 is 16.9 Å². The van der Waals surface area contributed by atoms with Gasteiger partial charge in [0.15, 0.2) is 5.75 Å². The van der Waals surface area contributed by atoms with Crippen molar-refractivity contribution >= 4 is 40.6 Å². The lowest BCUT2D eigenvalue weighted by Gasteiger charge is -2.12. The molecular weight excluding hydrogens is 397 g/mol. The van der Waals surface area contributed by atoms with Gasteiger partial charge in [-0.25, -0.2) is 0 Å². The Morgan fingerprint density at radius 2 is 2.04 bits per heavy atom. The van der Waals surface area contributed by atoms with Gasteiger partial charge in [-0.15, -0.1) is 11.6 Å². The first kappa shape index (κ1) is 20.9. The Balaban J connectivity index is 2.38. The zero-order chi connectivity index (χ0) is 20.0. The minimum absolute atomic E-state index is 0.00508. The fraction of sp³-hybridized carbons (Fsp3) is 0.235. The second-order valence-corrected chi connectivity index (χ2v) is 6.06. The number of rotatable bonds is 9. The Hall–Kier alpha value is -2.39. The molecule has 0 aliphatic heterocycles. The molecule has 27 heavy (non-hydrogen) atoms. The number of ketones is 1. The highest BCUT2D eigenvalue weighted by molar-refractivity contribution is 6.18. The first-order valence-electron chi connectivity index (χ1n) is 7.85. The van der Waals surface area contributed by atoms with Crippen molar-refractivity contribution in [3.8, 4) is 5.75 Å². The van der Waals surface area contributed by atoms with Crippen molar-refractivity contribution in [1.82, 2.24) is 5.32 Å². The van der Waals surface area contributed by atoms with Crippen LogP contribution in [0.5, 0.6) is 5.75 Å². The van der Waals surface area contributed by atoms with Crippen molar-refractivity contribution in [1.29, 1.82) is 0 Å². The normalized spacial score (nSPS) is 11.8. The molecule has 0 heterocycles. The van der Waals surface area contributed by atoms with Gasteiger partial charge in [0.2, 0.25) is 5.78 Å². The minimum atomic E-state index is -0.893. The highest BCUT2D eigenvalue weighted by Crippen LogP contribution is 2.30. The summed E-state index contributed by atoms with van der Waals surface area (Å²) in [7, 11) is 0. The number of benzene rings is 2. The van der Waals surface area contributed by atoms with Crippen LogP contribution in [0.4, 0.5) is 11.4 Å². The van der Waals surface area contributed by atoms with Crippen molar-refractivity contribution in [3.05, 3.63) is 63.2 Å². The summed E-state index contributed by atoms with van der Waals surface area (Å²) in [5.74, 6) is -0.544. The van der Waals surface area contributed by atoms with Crippen molar-refractivity contribution in [2.45, 2.75) is 12.6 Å². The lowest BCUT2D eigenvalue weighted by Crippen LogP contribution is -2.32. The average Bonchev–Trinajstić information content (AvgIpc) is 2.67. The Morgan fingerprint density at radius 1 is 1.33 bits per heavy atom. The van der Waals surface area contributed by atoms with Gasteiger partial charge in [-0.1, -0.05) is 12.1 Å². The molecule has 2 rings (SSSR count). The number of nitrogens with one attached hydrogen (secondary N) is 1. The van der Waals surface area contributed by atoms with Crippen LogP contribution in [0.25, 0.3) is 0 Å². The molecule has 0 aliphatic carbocycles. The third-order valence-corrected chi connectivity index (χ3v) is 4.29. The van der Waals surface area contributed by atoms with E-state index in [0.29, 0.717) is 18.5 Å². The number of halogens is 2. The van der Waals surface area contributed by atoms with Gasteiger partial charge >= 0.3 is 0 Å². The molecule has 144 valence electrons. The van der Waals surface area contributed by atoms with E-state index in [1.54, 1.807) is 12.1 Å². The number of nitrogens with zero attached hydrogens (tertiary/aromatic N) is 1. The largest absolute Gasteiger partial charge is 0.398 e. The number of anilines is 1. The van der Waals surface area contributed by atoms with Crippen molar-refractivity contribution in [2.24, 2.45) is 0 Å². The highest BCUT2D eigenvalue weighted by Gasteiger charge is 2.25. The van der Waals surface area contributed by atoms with Gasteiger partial charge < -0.3 is 15.1 Å². The number of hydrogen-bond donors (Lipinski definition) is 3. The number of para-hydroxylation sites is 1. The van der Waals surface area contributed by atoms with Crippen LogP contribution in [0, 0.1) is 10.1 Å². The van der Waals surface area contributed by atoms with E-state index in [1.165, 1.54) is 24.3 Å². The van der Waals surface area contributed by atoms with Gasteiger partial charge in [-0.2, -0.15) is 0 Å². The van der Waals surface area contributed by atoms with Crippen molar-refractivity contribution in [3.63, 3.8) is 0 Å². The van der Waals surface area contributed by atoms with Gasteiger partial charge in [0, 0.05) is 18.3 Å². The Kier molecular flexibility index (Phi) is 7.37. The third-order valence-electron chi connectivity index (χ3n) is 3.83. The minimum Gasteiger partial charge on any atom is -0.398 e. The fourth-order valence-corrected chi connectivity index (χ4v) is 2.74. The van der Waals surface area contributed by atoms with Gasteiger partial charge in [-0.05, 0) is 30.2 Å². The third kappa shape index (κ3) is 5.08. The van der Waals surface area contributed by atoms with Gasteiger partial charge in [0.25, 0.3) is 5.69 Å². The summed E-state index contributed by atoms with van der Waals surface area (Å²) in [6.45, 7) is 0.297. The van der Waals surface area contributed by atoms with Crippen LogP contribution in [0.2, 0.25) is 0 Å². The smallest absolute Gasteiger partial charge is 0.280 e. The lowest BCUT2D eigenvalue weighted by molar-refractivity contribution is -0.385. The van der Waals surface area contributed by atoms with Crippen LogP contribution in [-0.4, -0.2) is 34.5 Å². The maximum Gasteiger partial charge on any atom is 0.280 e. The van der Waals surface area contributed by atoms with Gasteiger partial charge in [0.05, 0.1) is 16.4 Å². The molecule has 8 nitrogen and oxygen atoms in total. The SMILES string of the molecule is Nc1cc(C(=O)c2ccccc2OCl)c([N+](=O)[O-])cc1CCNC(O)CCl. The van der Waals surface area contributed by atoms with Crippen LogP contribution in [0.3, 0.4) is 0 Å². The molecule has 0 aliphatic rings. The second kappa shape index (κ2) is 9.52. The van der Waals surface area contributed by atoms with E-state index in [9.17, 15) is 20.0 Å². The molecule has 1 atom stereocenters. The zero-order valence-corrected chi connectivity index (χ0v) is 15.5. The molecule has 0 fully saturated rings. The number of carbonyl (C=O) groups is 1. The molecule has 0 amide bonds. The summed E-state index contributed by atoms with van der Waals surface area (Å²) in [6, 6.07) is 8.63. The summed E-state index contributed by atoms with van der Waals surface area (Å²) >= 11 is 10.9. The maximum atomic E-state index is 12.8. The molecule has 0 saturated carbocycles. The lowest BCUT2D eigenvalue weighted by atomic mass is 9.97. The van der Waals surface area contributed by atoms with Crippen molar-refractivity contribution < 1.29 is 19.1 Å². The van der Waals surface area contributed by atoms with Crippen LogP contribution >= 0.6 is 23.5 Å². The summed E-state index contributed by atoms with van der Waals surface area (Å²) in [5, 5.41) is 23.6. The summed E-state index contributed by atoms with van der Waals surface area (Å²) in [6.07, 6.45) is -0.591. The number of aliphatic hydroxyl groups excluding tert-OH is 1. The van der Waals surface area contributed by atoms with Gasteiger partial charge in [-0.3, -0.25) is 20.2 Å². The number of nitro benzene ring substituents is 1. The zero-order valence-electron chi connectivity index (χ0n) is 14.0. The molecule has 0 radical (unpaired) electrons. The monoisotopic (exact) mass is 413 g/mol. The predicted molar refractivity (Wildman–Crippen MR) is 102 cm³/mol. The number of carbonyl (C=O) groups excluding carboxylic acids is 1. The topological polar surface area (TPSA) is 128 Å². The molecule has 0 saturated heterocycles. The van der Waals surface area contributed by atoms with Crippen LogP contribution in [0.1, 0.15) is 21.5 Å². The Morgan fingerprint density at radius 3 is 2.67 bits per heavy atom. The molecule has 2 aromatic carbocycles. The van der Waals surface area contributed by atoms with E-state index >= 15 is 0 Å². The predicted octanol–water partition coefficient (Wildman–Crippen LogP) is 2.63. The quantitative estimate of drug-likeness (QED) is 0.144. The van der Waals surface area contributed by atoms with E-state index in [4.69, 9.17) is 29.2 Å². The average molecular weight is 414 g/mol. The van der Waals surface area contributed by atoms with Crippen LogP contribution in [0.15, 0.2) is 36.4 Å². The Labute approximate surface area is 165 Å². The number of nitrogen functional groups attached to an aromatic ring is 1. The number of hydrogen-bond acceptors (Lipinski definition) is 7. The number of aliphatic hydroxyl groups is 1. The van der Waals surface area contributed by atoms with E-state index in [2.05, 4.69) is 9.61 Å². The molecule has 0 bridgehead atoms. The van der Waals surface area contributed by atoms with E-state index in [1.807, 2.05) is 0 Å². The summed E-state index contributed by atoms with van der Waals surface area (Å²) in [5.41, 5.74) is 6.19. The second-order valence-electron chi connectivity index (χ2n) is 5.60. The molecule has 1 unspecified atom stereocenters. The first-order valence-corrected chi connectivity index (χ1v) is 8.69. The molecular formula is C17H17Cl2N3O5. The number of nitrogens with two attached hydrogens (primary N) is 1. The summed E-state index contributed by atoms with van der Waals surface area (Å²) in [4.78, 5) is 23.6. The molecule has 0 spiro atoms. The van der Waals surface area contributed by atoms with Crippen LogP contribution < -0.4 is 15.3 Å². The molecule has 10 heteroatoms. The first-order chi connectivity index (χ1) is 12.9. The van der Waals surface area contributed by atoms with Gasteiger partial charge in [0.1, 0.15) is 23.7 Å². The fourth-order valence-electron chi connectivity index (χ4n) is 2.49. The number of nitro groups is 1.